The molecule has 5 heteroatoms. The van der Waals surface area contributed by atoms with Crippen LogP contribution in [0.1, 0.15) is 12.7 Å². The van der Waals surface area contributed by atoms with Crippen molar-refractivity contribution in [1.29, 1.82) is 0 Å². The van der Waals surface area contributed by atoms with Crippen LogP contribution in [0.15, 0.2) is 23.1 Å². The summed E-state index contributed by atoms with van der Waals surface area (Å²) in [6.45, 7) is 2.95. The van der Waals surface area contributed by atoms with Gasteiger partial charge in [0.1, 0.15) is 11.5 Å². The zero-order valence-electron chi connectivity index (χ0n) is 7.77. The molecule has 0 aromatic carbocycles. The molecule has 0 N–H and O–H groups in total. The molecular weight excluding hydrogens is 246 g/mol. The summed E-state index contributed by atoms with van der Waals surface area (Å²) in [5.41, 5.74) is 1.82. The standard InChI is InChI=1S/C9H10BrN3O/c1-2-13-6-11-5-9(13)8-3-7(4-10)14-12-8/h3,5-6H,2,4H2,1H3. The lowest BCUT2D eigenvalue weighted by Crippen LogP contribution is -1.94. The fourth-order valence-corrected chi connectivity index (χ4v) is 1.55. The van der Waals surface area contributed by atoms with Crippen LogP contribution in [0, 0.1) is 0 Å². The van der Waals surface area contributed by atoms with Gasteiger partial charge in [-0.3, -0.25) is 0 Å². The fourth-order valence-electron chi connectivity index (χ4n) is 1.28. The summed E-state index contributed by atoms with van der Waals surface area (Å²) in [5, 5.41) is 4.65. The first-order valence-electron chi connectivity index (χ1n) is 4.37. The molecule has 2 rings (SSSR count). The number of halogens is 1. The van der Waals surface area contributed by atoms with Crippen molar-refractivity contribution in [3.8, 4) is 11.4 Å². The van der Waals surface area contributed by atoms with Crippen LogP contribution < -0.4 is 0 Å². The Balaban J connectivity index is 2.38. The van der Waals surface area contributed by atoms with Crippen molar-refractivity contribution < 1.29 is 4.52 Å². The summed E-state index contributed by atoms with van der Waals surface area (Å²) in [7, 11) is 0. The molecule has 0 amide bonds. The van der Waals surface area contributed by atoms with Crippen molar-refractivity contribution in [3.63, 3.8) is 0 Å². The molecule has 74 valence electrons. The largest absolute Gasteiger partial charge is 0.360 e. The Labute approximate surface area is 90.1 Å². The van der Waals surface area contributed by atoms with Gasteiger partial charge in [0.25, 0.3) is 0 Å². The van der Waals surface area contributed by atoms with Gasteiger partial charge in [-0.2, -0.15) is 0 Å². The molecule has 2 aromatic heterocycles. The number of hydrogen-bond acceptors (Lipinski definition) is 3. The smallest absolute Gasteiger partial charge is 0.147 e. The van der Waals surface area contributed by atoms with Crippen molar-refractivity contribution in [3.05, 3.63) is 24.4 Å². The molecule has 0 bridgehead atoms. The Morgan fingerprint density at radius 2 is 2.43 bits per heavy atom. The first-order chi connectivity index (χ1) is 6.85. The Kier molecular flexibility index (Phi) is 2.67. The molecule has 4 nitrogen and oxygen atoms in total. The third-order valence-electron chi connectivity index (χ3n) is 2.01. The molecule has 0 atom stereocenters. The van der Waals surface area contributed by atoms with Gasteiger partial charge >= 0.3 is 0 Å². The zero-order valence-corrected chi connectivity index (χ0v) is 9.36. The Morgan fingerprint density at radius 3 is 3.07 bits per heavy atom. The van der Waals surface area contributed by atoms with Gasteiger partial charge in [-0.25, -0.2) is 4.98 Å². The van der Waals surface area contributed by atoms with Crippen LogP contribution in [0.5, 0.6) is 0 Å². The SMILES string of the molecule is CCn1cncc1-c1cc(CBr)on1. The van der Waals surface area contributed by atoms with E-state index >= 15 is 0 Å². The number of hydrogen-bond donors (Lipinski definition) is 0. The van der Waals surface area contributed by atoms with Gasteiger partial charge in [-0.15, -0.1) is 0 Å². The third kappa shape index (κ3) is 1.59. The van der Waals surface area contributed by atoms with E-state index in [0.29, 0.717) is 5.33 Å². The van der Waals surface area contributed by atoms with Crippen LogP contribution in [0.4, 0.5) is 0 Å². The van der Waals surface area contributed by atoms with E-state index in [-0.39, 0.29) is 0 Å². The summed E-state index contributed by atoms with van der Waals surface area (Å²) >= 11 is 3.31. The highest BCUT2D eigenvalue weighted by atomic mass is 79.9. The minimum Gasteiger partial charge on any atom is -0.360 e. The molecule has 0 saturated heterocycles. The normalized spacial score (nSPS) is 10.7. The summed E-state index contributed by atoms with van der Waals surface area (Å²) in [6, 6.07) is 1.91. The Hall–Kier alpha value is -1.10. The first-order valence-corrected chi connectivity index (χ1v) is 5.49. The van der Waals surface area contributed by atoms with Crippen LogP contribution in [0.2, 0.25) is 0 Å². The second kappa shape index (κ2) is 3.96. The minimum atomic E-state index is 0.681. The van der Waals surface area contributed by atoms with Gasteiger partial charge in [0.05, 0.1) is 23.5 Å². The highest BCUT2D eigenvalue weighted by molar-refractivity contribution is 9.08. The van der Waals surface area contributed by atoms with E-state index in [1.165, 1.54) is 0 Å². The molecule has 2 heterocycles. The van der Waals surface area contributed by atoms with E-state index in [9.17, 15) is 0 Å². The molecule has 0 unspecified atom stereocenters. The topological polar surface area (TPSA) is 43.9 Å². The van der Waals surface area contributed by atoms with E-state index in [4.69, 9.17) is 4.52 Å². The van der Waals surface area contributed by atoms with Crippen LogP contribution in [-0.4, -0.2) is 14.7 Å². The molecule has 14 heavy (non-hydrogen) atoms. The first kappa shape index (κ1) is 9.45. The van der Waals surface area contributed by atoms with Gasteiger partial charge in [0.15, 0.2) is 0 Å². The van der Waals surface area contributed by atoms with Crippen LogP contribution in [-0.2, 0) is 11.9 Å². The molecular formula is C9H10BrN3O. The monoisotopic (exact) mass is 255 g/mol. The van der Waals surface area contributed by atoms with Crippen LogP contribution >= 0.6 is 15.9 Å². The molecule has 0 aliphatic heterocycles. The summed E-state index contributed by atoms with van der Waals surface area (Å²) < 4.78 is 7.12. The van der Waals surface area contributed by atoms with Crippen molar-refractivity contribution in [2.24, 2.45) is 0 Å². The van der Waals surface area contributed by atoms with Crippen molar-refractivity contribution in [2.75, 3.05) is 0 Å². The molecule has 0 saturated carbocycles. The maximum absolute atomic E-state index is 5.10. The number of nitrogens with zero attached hydrogens (tertiary/aromatic N) is 3. The molecule has 0 fully saturated rings. The Morgan fingerprint density at radius 1 is 1.57 bits per heavy atom. The van der Waals surface area contributed by atoms with E-state index in [2.05, 4.69) is 33.0 Å². The number of alkyl halides is 1. The number of aryl methyl sites for hydroxylation is 1. The lowest BCUT2D eigenvalue weighted by Gasteiger charge is -1.99. The van der Waals surface area contributed by atoms with E-state index < -0.39 is 0 Å². The van der Waals surface area contributed by atoms with E-state index in [0.717, 1.165) is 23.7 Å². The molecule has 0 spiro atoms. The lowest BCUT2D eigenvalue weighted by atomic mass is 10.3. The second-order valence-corrected chi connectivity index (χ2v) is 3.44. The van der Waals surface area contributed by atoms with Crippen molar-refractivity contribution >= 4 is 15.9 Å². The van der Waals surface area contributed by atoms with Gasteiger partial charge in [-0.1, -0.05) is 21.1 Å². The average molecular weight is 256 g/mol. The molecule has 2 aromatic rings. The number of rotatable bonds is 3. The molecule has 0 aliphatic carbocycles. The third-order valence-corrected chi connectivity index (χ3v) is 2.56. The molecule has 0 radical (unpaired) electrons. The van der Waals surface area contributed by atoms with E-state index in [1.54, 1.807) is 12.5 Å². The maximum Gasteiger partial charge on any atom is 0.147 e. The second-order valence-electron chi connectivity index (χ2n) is 2.88. The summed E-state index contributed by atoms with van der Waals surface area (Å²) in [6.07, 6.45) is 3.58. The molecule has 0 aliphatic rings. The maximum atomic E-state index is 5.10. The number of aromatic nitrogens is 3. The fraction of sp³-hybridized carbons (Fsp3) is 0.333. The quantitative estimate of drug-likeness (QED) is 0.792. The van der Waals surface area contributed by atoms with E-state index in [1.807, 2.05) is 10.6 Å². The number of imidazole rings is 1. The lowest BCUT2D eigenvalue weighted by molar-refractivity contribution is 0.397. The van der Waals surface area contributed by atoms with Gasteiger partial charge in [-0.05, 0) is 6.92 Å². The highest BCUT2D eigenvalue weighted by Gasteiger charge is 2.09. The predicted octanol–water partition coefficient (Wildman–Crippen LogP) is 2.45. The Bertz CT molecular complexity index is 421. The van der Waals surface area contributed by atoms with Crippen LogP contribution in [0.25, 0.3) is 11.4 Å². The summed E-state index contributed by atoms with van der Waals surface area (Å²) in [4.78, 5) is 4.07. The van der Waals surface area contributed by atoms with Gasteiger partial charge in [0, 0.05) is 12.6 Å². The zero-order chi connectivity index (χ0) is 9.97. The van der Waals surface area contributed by atoms with Crippen molar-refractivity contribution in [1.82, 2.24) is 14.7 Å². The van der Waals surface area contributed by atoms with Gasteiger partial charge in [0.2, 0.25) is 0 Å². The average Bonchev–Trinajstić information content (AvgIpc) is 2.85. The van der Waals surface area contributed by atoms with Crippen molar-refractivity contribution in [2.45, 2.75) is 18.8 Å². The van der Waals surface area contributed by atoms with Gasteiger partial charge < -0.3 is 9.09 Å². The van der Waals surface area contributed by atoms with Crippen LogP contribution in [0.3, 0.4) is 0 Å². The highest BCUT2D eigenvalue weighted by Crippen LogP contribution is 2.19. The minimum absolute atomic E-state index is 0.681. The predicted molar refractivity (Wildman–Crippen MR) is 56.0 cm³/mol. The summed E-state index contributed by atoms with van der Waals surface area (Å²) in [5.74, 6) is 0.823.